The van der Waals surface area contributed by atoms with Gasteiger partial charge in [-0.05, 0) is 41.1 Å². The fraction of sp³-hybridized carbons (Fsp3) is 0.389. The largest absolute Gasteiger partial charge is 0.491 e. The highest BCUT2D eigenvalue weighted by Gasteiger charge is 2.19. The molecule has 0 bridgehead atoms. The number of fused-ring (bicyclic) bond motifs is 1. The van der Waals surface area contributed by atoms with Gasteiger partial charge in [0.25, 0.3) is 0 Å². The Hall–Kier alpha value is -1.87. The van der Waals surface area contributed by atoms with Crippen molar-refractivity contribution in [2.45, 2.75) is 25.5 Å². The molecule has 4 nitrogen and oxygen atoms in total. The van der Waals surface area contributed by atoms with Gasteiger partial charge in [0.15, 0.2) is 0 Å². The molecule has 2 aromatic rings. The number of nitriles is 1. The summed E-state index contributed by atoms with van der Waals surface area (Å²) in [4.78, 5) is 3.75. The van der Waals surface area contributed by atoms with E-state index in [1.54, 1.807) is 0 Å². The number of aliphatic hydroxyl groups is 1. The summed E-state index contributed by atoms with van der Waals surface area (Å²) < 4.78 is 5.64. The predicted molar refractivity (Wildman–Crippen MR) is 90.6 cm³/mol. The zero-order chi connectivity index (χ0) is 16.1. The smallest absolute Gasteiger partial charge is 0.119 e. The van der Waals surface area contributed by atoms with Crippen molar-refractivity contribution in [2.24, 2.45) is 0 Å². The highest BCUT2D eigenvalue weighted by Crippen LogP contribution is 2.24. The third kappa shape index (κ3) is 4.32. The molecule has 1 aromatic heterocycles. The number of hydrogen-bond acceptors (Lipinski definition) is 5. The van der Waals surface area contributed by atoms with Crippen molar-refractivity contribution in [3.8, 4) is 11.8 Å². The highest BCUT2D eigenvalue weighted by atomic mass is 32.1. The average Bonchev–Trinajstić information content (AvgIpc) is 3.02. The molecule has 1 aliphatic rings. The number of β-amino-alcohol motifs (C(OH)–C–C–N with tert-alkyl or cyclic N) is 1. The van der Waals surface area contributed by atoms with Crippen LogP contribution >= 0.6 is 11.3 Å². The van der Waals surface area contributed by atoms with Crippen molar-refractivity contribution < 1.29 is 9.84 Å². The van der Waals surface area contributed by atoms with E-state index in [1.165, 1.54) is 10.4 Å². The maximum atomic E-state index is 10.2. The summed E-state index contributed by atoms with van der Waals surface area (Å²) in [6.07, 6.45) is 0.970. The summed E-state index contributed by atoms with van der Waals surface area (Å²) in [7, 11) is 0. The van der Waals surface area contributed by atoms with Gasteiger partial charge in [0.2, 0.25) is 0 Å². The summed E-state index contributed by atoms with van der Waals surface area (Å²) in [5.74, 6) is 0.726. The topological polar surface area (TPSA) is 56.5 Å². The number of aliphatic hydroxyl groups excluding tert-OH is 1. The number of benzene rings is 1. The van der Waals surface area contributed by atoms with Crippen molar-refractivity contribution in [3.05, 3.63) is 51.7 Å². The summed E-state index contributed by atoms with van der Waals surface area (Å²) in [6, 6.07) is 11.8. The van der Waals surface area contributed by atoms with E-state index in [9.17, 15) is 5.11 Å². The molecule has 0 amide bonds. The standard InChI is InChI=1S/C18H20N2O2S/c19-8-5-14-1-3-17(4-2-14)22-13-16(21)12-20-9-6-18-15(11-20)7-10-23-18/h1-4,7,10,16,21H,5-6,9,11-13H2/t16-/m0/s1. The summed E-state index contributed by atoms with van der Waals surface area (Å²) in [5, 5.41) is 21.0. The third-order valence-corrected chi connectivity index (χ3v) is 5.03. The molecule has 120 valence electrons. The fourth-order valence-electron chi connectivity index (χ4n) is 2.80. The molecule has 0 saturated carbocycles. The van der Waals surface area contributed by atoms with Crippen molar-refractivity contribution in [2.75, 3.05) is 19.7 Å². The minimum absolute atomic E-state index is 0.282. The number of rotatable bonds is 6. The maximum absolute atomic E-state index is 10.2. The first kappa shape index (κ1) is 16.0. The van der Waals surface area contributed by atoms with Crippen LogP contribution in [0.15, 0.2) is 35.7 Å². The second kappa shape index (κ2) is 7.60. The first-order valence-corrected chi connectivity index (χ1v) is 8.67. The molecule has 0 unspecified atom stereocenters. The van der Waals surface area contributed by atoms with Crippen molar-refractivity contribution in [1.82, 2.24) is 4.90 Å². The van der Waals surface area contributed by atoms with Gasteiger partial charge in [-0.15, -0.1) is 11.3 Å². The first-order valence-electron chi connectivity index (χ1n) is 7.79. The molecule has 1 atom stereocenters. The molecule has 0 aliphatic carbocycles. The van der Waals surface area contributed by atoms with Crippen LogP contribution in [0.1, 0.15) is 16.0 Å². The Morgan fingerprint density at radius 3 is 2.91 bits per heavy atom. The zero-order valence-corrected chi connectivity index (χ0v) is 13.8. The lowest BCUT2D eigenvalue weighted by molar-refractivity contribution is 0.0640. The van der Waals surface area contributed by atoms with Gasteiger partial charge < -0.3 is 9.84 Å². The molecule has 1 aromatic carbocycles. The van der Waals surface area contributed by atoms with Crippen LogP contribution in [0.4, 0.5) is 0 Å². The normalized spacial score (nSPS) is 15.7. The number of ether oxygens (including phenoxy) is 1. The van der Waals surface area contributed by atoms with Gasteiger partial charge in [-0.1, -0.05) is 12.1 Å². The van der Waals surface area contributed by atoms with Crippen LogP contribution in [0.5, 0.6) is 5.75 Å². The molecule has 2 heterocycles. The molecule has 0 saturated heterocycles. The second-order valence-corrected chi connectivity index (χ2v) is 6.80. The Morgan fingerprint density at radius 1 is 1.30 bits per heavy atom. The molecule has 1 N–H and O–H groups in total. The van der Waals surface area contributed by atoms with Gasteiger partial charge in [0.05, 0.1) is 12.5 Å². The lowest BCUT2D eigenvalue weighted by Gasteiger charge is -2.28. The van der Waals surface area contributed by atoms with Crippen LogP contribution in [0.3, 0.4) is 0 Å². The van der Waals surface area contributed by atoms with Crippen LogP contribution in [-0.4, -0.2) is 35.8 Å². The number of thiophene rings is 1. The van der Waals surface area contributed by atoms with E-state index in [4.69, 9.17) is 10.00 Å². The molecular formula is C18H20N2O2S. The van der Waals surface area contributed by atoms with Gasteiger partial charge in [0, 0.05) is 24.5 Å². The van der Waals surface area contributed by atoms with E-state index in [0.29, 0.717) is 13.0 Å². The van der Waals surface area contributed by atoms with E-state index in [-0.39, 0.29) is 6.61 Å². The summed E-state index contributed by atoms with van der Waals surface area (Å²) in [6.45, 7) is 2.82. The predicted octanol–water partition coefficient (Wildman–Crippen LogP) is 2.61. The third-order valence-electron chi connectivity index (χ3n) is 4.00. The highest BCUT2D eigenvalue weighted by molar-refractivity contribution is 7.10. The minimum atomic E-state index is -0.506. The molecule has 5 heteroatoms. The van der Waals surface area contributed by atoms with Crippen molar-refractivity contribution >= 4 is 11.3 Å². The van der Waals surface area contributed by atoms with Gasteiger partial charge >= 0.3 is 0 Å². The monoisotopic (exact) mass is 328 g/mol. The maximum Gasteiger partial charge on any atom is 0.119 e. The number of nitrogens with zero attached hydrogens (tertiary/aromatic N) is 2. The van der Waals surface area contributed by atoms with Crippen molar-refractivity contribution in [1.29, 1.82) is 5.26 Å². The van der Waals surface area contributed by atoms with Crippen LogP contribution in [0.25, 0.3) is 0 Å². The van der Waals surface area contributed by atoms with Gasteiger partial charge in [-0.25, -0.2) is 0 Å². The first-order chi connectivity index (χ1) is 11.2. The van der Waals surface area contributed by atoms with E-state index >= 15 is 0 Å². The van der Waals surface area contributed by atoms with Crippen molar-refractivity contribution in [3.63, 3.8) is 0 Å². The molecule has 3 rings (SSSR count). The van der Waals surface area contributed by atoms with E-state index in [2.05, 4.69) is 22.4 Å². The lowest BCUT2D eigenvalue weighted by atomic mass is 10.1. The molecule has 0 fully saturated rings. The van der Waals surface area contributed by atoms with Crippen LogP contribution in [-0.2, 0) is 19.4 Å². The number of hydrogen-bond donors (Lipinski definition) is 1. The van der Waals surface area contributed by atoms with E-state index < -0.39 is 6.10 Å². The fourth-order valence-corrected chi connectivity index (χ4v) is 3.69. The van der Waals surface area contributed by atoms with Crippen LogP contribution in [0, 0.1) is 11.3 Å². The average molecular weight is 328 g/mol. The molecular weight excluding hydrogens is 308 g/mol. The summed E-state index contributed by atoms with van der Waals surface area (Å²) >= 11 is 1.82. The molecule has 1 aliphatic heterocycles. The van der Waals surface area contributed by atoms with Crippen LogP contribution < -0.4 is 4.74 Å². The van der Waals surface area contributed by atoms with E-state index in [0.717, 1.165) is 30.8 Å². The Morgan fingerprint density at radius 2 is 2.13 bits per heavy atom. The van der Waals surface area contributed by atoms with Crippen LogP contribution in [0.2, 0.25) is 0 Å². The Balaban J connectivity index is 1.45. The van der Waals surface area contributed by atoms with Gasteiger partial charge in [-0.2, -0.15) is 5.26 Å². The molecule has 0 radical (unpaired) electrons. The van der Waals surface area contributed by atoms with E-state index in [1.807, 2.05) is 35.6 Å². The minimum Gasteiger partial charge on any atom is -0.491 e. The SMILES string of the molecule is N#CCc1ccc(OC[C@@H](O)CN2CCc3sccc3C2)cc1. The summed E-state index contributed by atoms with van der Waals surface area (Å²) in [5.41, 5.74) is 2.36. The Kier molecular flexibility index (Phi) is 5.29. The molecule has 23 heavy (non-hydrogen) atoms. The quantitative estimate of drug-likeness (QED) is 0.885. The van der Waals surface area contributed by atoms with Gasteiger partial charge in [-0.3, -0.25) is 4.90 Å². The Bertz CT molecular complexity index is 675. The lowest BCUT2D eigenvalue weighted by Crippen LogP contribution is -2.38. The Labute approximate surface area is 140 Å². The van der Waals surface area contributed by atoms with Gasteiger partial charge in [0.1, 0.15) is 18.5 Å². The second-order valence-electron chi connectivity index (χ2n) is 5.80. The molecule has 0 spiro atoms. The zero-order valence-electron chi connectivity index (χ0n) is 12.9.